The third kappa shape index (κ3) is 2.44. The van der Waals surface area contributed by atoms with Gasteiger partial charge >= 0.3 is 12.1 Å². The van der Waals surface area contributed by atoms with Crippen LogP contribution in [-0.4, -0.2) is 24.2 Å². The van der Waals surface area contributed by atoms with Crippen molar-refractivity contribution in [1.82, 2.24) is 0 Å². The highest BCUT2D eigenvalue weighted by atomic mass is 16.7. The molecule has 0 unspecified atom stereocenters. The molecule has 0 bridgehead atoms. The Morgan fingerprint density at radius 1 is 1.38 bits per heavy atom. The SMILES string of the molecule is CC(C)OC1=N[C@@H](C(C)C)C(=O)O1. The van der Waals surface area contributed by atoms with Crippen LogP contribution in [0.5, 0.6) is 0 Å². The highest BCUT2D eigenvalue weighted by Gasteiger charge is 2.32. The zero-order valence-electron chi connectivity index (χ0n) is 8.40. The second kappa shape index (κ2) is 3.77. The molecule has 0 aromatic rings. The first kappa shape index (κ1) is 10.0. The summed E-state index contributed by atoms with van der Waals surface area (Å²) in [5.41, 5.74) is 0. The van der Waals surface area contributed by atoms with E-state index >= 15 is 0 Å². The summed E-state index contributed by atoms with van der Waals surface area (Å²) in [6.45, 7) is 7.57. The Kier molecular flexibility index (Phi) is 2.90. The molecule has 1 aliphatic rings. The summed E-state index contributed by atoms with van der Waals surface area (Å²) in [6, 6.07) is -0.395. The molecule has 1 heterocycles. The van der Waals surface area contributed by atoms with Crippen molar-refractivity contribution in [1.29, 1.82) is 0 Å². The molecular formula is C9H15NO3. The van der Waals surface area contributed by atoms with Crippen molar-refractivity contribution < 1.29 is 14.3 Å². The summed E-state index contributed by atoms with van der Waals surface area (Å²) >= 11 is 0. The van der Waals surface area contributed by atoms with Gasteiger partial charge < -0.3 is 9.47 Å². The highest BCUT2D eigenvalue weighted by Crippen LogP contribution is 2.16. The van der Waals surface area contributed by atoms with Crippen molar-refractivity contribution in [2.45, 2.75) is 39.8 Å². The Bertz CT molecular complexity index is 233. The van der Waals surface area contributed by atoms with Gasteiger partial charge in [-0.05, 0) is 19.8 Å². The van der Waals surface area contributed by atoms with Gasteiger partial charge in [0.25, 0.3) is 0 Å². The summed E-state index contributed by atoms with van der Waals surface area (Å²) < 4.78 is 10.0. The largest absolute Gasteiger partial charge is 0.448 e. The average molecular weight is 185 g/mol. The van der Waals surface area contributed by atoms with Crippen molar-refractivity contribution in [3.8, 4) is 0 Å². The first-order valence-electron chi connectivity index (χ1n) is 4.47. The van der Waals surface area contributed by atoms with Crippen molar-refractivity contribution in [2.24, 2.45) is 10.9 Å². The Morgan fingerprint density at radius 2 is 2.00 bits per heavy atom. The molecular weight excluding hydrogens is 170 g/mol. The first-order chi connectivity index (χ1) is 6.00. The van der Waals surface area contributed by atoms with E-state index in [2.05, 4.69) is 4.99 Å². The Balaban J connectivity index is 2.61. The zero-order valence-corrected chi connectivity index (χ0v) is 8.40. The molecule has 0 aromatic carbocycles. The van der Waals surface area contributed by atoms with Crippen molar-refractivity contribution in [3.05, 3.63) is 0 Å². The van der Waals surface area contributed by atoms with Gasteiger partial charge in [-0.25, -0.2) is 9.79 Å². The summed E-state index contributed by atoms with van der Waals surface area (Å²) in [6.07, 6.45) is 0.0937. The van der Waals surface area contributed by atoms with Crippen LogP contribution in [0.1, 0.15) is 27.7 Å². The fourth-order valence-electron chi connectivity index (χ4n) is 1.02. The lowest BCUT2D eigenvalue weighted by Crippen LogP contribution is -2.21. The van der Waals surface area contributed by atoms with E-state index in [1.165, 1.54) is 0 Å². The van der Waals surface area contributed by atoms with E-state index in [9.17, 15) is 4.79 Å². The lowest BCUT2D eigenvalue weighted by molar-refractivity contribution is -0.137. The molecule has 0 spiro atoms. The van der Waals surface area contributed by atoms with E-state index in [0.29, 0.717) is 0 Å². The third-order valence-electron chi connectivity index (χ3n) is 1.64. The molecule has 0 saturated heterocycles. The predicted molar refractivity (Wildman–Crippen MR) is 48.4 cm³/mol. The molecule has 0 saturated carbocycles. The number of carbonyl (C=O) groups is 1. The molecule has 13 heavy (non-hydrogen) atoms. The molecule has 74 valence electrons. The van der Waals surface area contributed by atoms with E-state index in [4.69, 9.17) is 9.47 Å². The quantitative estimate of drug-likeness (QED) is 0.610. The van der Waals surface area contributed by atoms with Gasteiger partial charge in [0, 0.05) is 0 Å². The van der Waals surface area contributed by atoms with Crippen LogP contribution in [0.15, 0.2) is 4.99 Å². The second-order valence-electron chi connectivity index (χ2n) is 3.67. The smallest absolute Gasteiger partial charge is 0.392 e. The Hall–Kier alpha value is -1.06. The minimum absolute atomic E-state index is 0.0162. The van der Waals surface area contributed by atoms with Gasteiger partial charge in [-0.15, -0.1) is 0 Å². The number of cyclic esters (lactones) is 1. The molecule has 0 N–H and O–H groups in total. The number of ether oxygens (including phenoxy) is 2. The number of aliphatic imine (C=N–C) groups is 1. The van der Waals surface area contributed by atoms with Gasteiger partial charge in [-0.1, -0.05) is 13.8 Å². The fourth-order valence-corrected chi connectivity index (χ4v) is 1.02. The van der Waals surface area contributed by atoms with Crippen LogP contribution in [0.3, 0.4) is 0 Å². The van der Waals surface area contributed by atoms with E-state index in [0.717, 1.165) is 0 Å². The number of hydrogen-bond acceptors (Lipinski definition) is 4. The first-order valence-corrected chi connectivity index (χ1v) is 4.47. The fraction of sp³-hybridized carbons (Fsp3) is 0.778. The lowest BCUT2D eigenvalue weighted by Gasteiger charge is -2.05. The number of nitrogens with zero attached hydrogens (tertiary/aromatic N) is 1. The summed E-state index contributed by atoms with van der Waals surface area (Å²) in [5.74, 6) is -0.161. The van der Waals surface area contributed by atoms with Crippen molar-refractivity contribution >= 4 is 12.1 Å². The minimum Gasteiger partial charge on any atom is -0.448 e. The predicted octanol–water partition coefficient (Wildman–Crippen LogP) is 1.35. The van der Waals surface area contributed by atoms with Gasteiger partial charge in [0.1, 0.15) is 0 Å². The molecule has 4 heteroatoms. The lowest BCUT2D eigenvalue weighted by atomic mass is 10.1. The van der Waals surface area contributed by atoms with Crippen LogP contribution in [0, 0.1) is 5.92 Å². The molecule has 0 aromatic heterocycles. The summed E-state index contributed by atoms with van der Waals surface area (Å²) in [4.78, 5) is 15.2. The molecule has 1 rings (SSSR count). The molecule has 4 nitrogen and oxygen atoms in total. The monoisotopic (exact) mass is 185 g/mol. The number of rotatable bonds is 2. The Labute approximate surface area is 77.9 Å². The molecule has 0 radical (unpaired) electrons. The van der Waals surface area contributed by atoms with Crippen LogP contribution in [0.2, 0.25) is 0 Å². The number of carbonyl (C=O) groups excluding carboxylic acids is 1. The van der Waals surface area contributed by atoms with Gasteiger partial charge in [-0.3, -0.25) is 0 Å². The maximum atomic E-state index is 11.2. The molecule has 0 aliphatic carbocycles. The standard InChI is InChI=1S/C9H15NO3/c1-5(2)7-8(11)13-9(10-7)12-6(3)4/h5-7H,1-4H3/t7-/m0/s1. The number of hydrogen-bond donors (Lipinski definition) is 0. The maximum Gasteiger partial charge on any atom is 0.392 e. The third-order valence-corrected chi connectivity index (χ3v) is 1.64. The van der Waals surface area contributed by atoms with Gasteiger partial charge in [-0.2, -0.15) is 0 Å². The van der Waals surface area contributed by atoms with Crippen molar-refractivity contribution in [2.75, 3.05) is 0 Å². The van der Waals surface area contributed by atoms with Crippen LogP contribution >= 0.6 is 0 Å². The highest BCUT2D eigenvalue weighted by molar-refractivity contribution is 5.93. The minimum atomic E-state index is -0.395. The zero-order chi connectivity index (χ0) is 10.0. The van der Waals surface area contributed by atoms with Crippen LogP contribution in [0.4, 0.5) is 0 Å². The molecule has 0 fully saturated rings. The van der Waals surface area contributed by atoms with E-state index in [-0.39, 0.29) is 24.1 Å². The number of esters is 1. The van der Waals surface area contributed by atoms with Crippen LogP contribution < -0.4 is 0 Å². The van der Waals surface area contributed by atoms with Crippen LogP contribution in [-0.2, 0) is 14.3 Å². The van der Waals surface area contributed by atoms with Crippen LogP contribution in [0.25, 0.3) is 0 Å². The van der Waals surface area contributed by atoms with Crippen molar-refractivity contribution in [3.63, 3.8) is 0 Å². The van der Waals surface area contributed by atoms with Gasteiger partial charge in [0.15, 0.2) is 6.04 Å². The van der Waals surface area contributed by atoms with Gasteiger partial charge in [0.05, 0.1) is 6.10 Å². The normalized spacial score (nSPS) is 22.2. The summed E-state index contributed by atoms with van der Waals surface area (Å²) in [5, 5.41) is 0. The van der Waals surface area contributed by atoms with E-state index in [1.54, 1.807) is 0 Å². The maximum absolute atomic E-state index is 11.2. The topological polar surface area (TPSA) is 47.9 Å². The van der Waals surface area contributed by atoms with E-state index < -0.39 is 6.04 Å². The average Bonchev–Trinajstić information content (AvgIpc) is 2.29. The Morgan fingerprint density at radius 3 is 2.38 bits per heavy atom. The second-order valence-corrected chi connectivity index (χ2v) is 3.67. The molecule has 1 atom stereocenters. The van der Waals surface area contributed by atoms with Gasteiger partial charge in [0.2, 0.25) is 0 Å². The summed E-state index contributed by atoms with van der Waals surface area (Å²) in [7, 11) is 0. The molecule has 1 aliphatic heterocycles. The molecule has 0 amide bonds. The van der Waals surface area contributed by atoms with E-state index in [1.807, 2.05) is 27.7 Å².